The number of carbonyl (C=O) groups is 1. The summed E-state index contributed by atoms with van der Waals surface area (Å²) >= 11 is 0. The Morgan fingerprint density at radius 1 is 1.17 bits per heavy atom. The molecule has 1 heterocycles. The van der Waals surface area contributed by atoms with E-state index < -0.39 is 34.3 Å². The molecule has 0 atom stereocenters. The number of benzene rings is 1. The maximum absolute atomic E-state index is 12.5. The van der Waals surface area contributed by atoms with Gasteiger partial charge in [-0.3, -0.25) is 4.79 Å². The molecule has 2 rings (SSSR count). The summed E-state index contributed by atoms with van der Waals surface area (Å²) in [6, 6.07) is 6.43. The zero-order valence-corrected chi connectivity index (χ0v) is 13.5. The van der Waals surface area contributed by atoms with E-state index in [0.29, 0.717) is 0 Å². The Labute approximate surface area is 133 Å². The quantitative estimate of drug-likeness (QED) is 0.840. The number of aryl methyl sites for hydroxylation is 1. The number of alkyl halides is 3. The fraction of sp³-hybridized carbons (Fsp3) is 0.533. The van der Waals surface area contributed by atoms with E-state index in [1.807, 2.05) is 6.92 Å². The van der Waals surface area contributed by atoms with E-state index in [0.717, 1.165) is 5.56 Å². The van der Waals surface area contributed by atoms with Crippen molar-refractivity contribution in [1.82, 2.24) is 4.31 Å². The molecule has 8 heteroatoms. The summed E-state index contributed by atoms with van der Waals surface area (Å²) in [5.74, 6) is -2.16. The molecular weight excluding hydrogens is 331 g/mol. The summed E-state index contributed by atoms with van der Waals surface area (Å²) in [7, 11) is -3.63. The van der Waals surface area contributed by atoms with Crippen LogP contribution in [0.3, 0.4) is 0 Å². The van der Waals surface area contributed by atoms with Gasteiger partial charge in [0.1, 0.15) is 0 Å². The number of Topliss-reactive ketones (excluding diaryl/α,β-unsaturated/α-hetero) is 1. The highest BCUT2D eigenvalue weighted by Gasteiger charge is 2.40. The lowest BCUT2D eigenvalue weighted by atomic mass is 9.92. The predicted molar refractivity (Wildman–Crippen MR) is 78.3 cm³/mol. The highest BCUT2D eigenvalue weighted by Crippen LogP contribution is 2.29. The molecule has 0 aliphatic carbocycles. The van der Waals surface area contributed by atoms with E-state index in [2.05, 4.69) is 0 Å². The molecule has 0 amide bonds. The molecule has 0 N–H and O–H groups in total. The van der Waals surface area contributed by atoms with Gasteiger partial charge in [0.05, 0.1) is 4.90 Å². The Kier molecular flexibility index (Phi) is 5.15. The van der Waals surface area contributed by atoms with Crippen molar-refractivity contribution in [3.05, 3.63) is 29.8 Å². The summed E-state index contributed by atoms with van der Waals surface area (Å²) < 4.78 is 63.0. The van der Waals surface area contributed by atoms with Gasteiger partial charge in [-0.1, -0.05) is 17.7 Å². The minimum absolute atomic E-state index is 0.131. The van der Waals surface area contributed by atoms with Gasteiger partial charge in [-0.2, -0.15) is 17.5 Å². The molecule has 0 spiro atoms. The highest BCUT2D eigenvalue weighted by molar-refractivity contribution is 7.89. The SMILES string of the molecule is Cc1ccc(S(=O)(=O)N2CCC(CC(=O)C(F)(F)F)CC2)cc1. The zero-order chi connectivity index (χ0) is 17.3. The normalized spacial score (nSPS) is 18.1. The van der Waals surface area contributed by atoms with Crippen LogP contribution in [0.25, 0.3) is 0 Å². The maximum atomic E-state index is 12.5. The topological polar surface area (TPSA) is 54.5 Å². The number of carbonyl (C=O) groups excluding carboxylic acids is 1. The lowest BCUT2D eigenvalue weighted by Crippen LogP contribution is -2.39. The van der Waals surface area contributed by atoms with Crippen molar-refractivity contribution in [3.8, 4) is 0 Å². The van der Waals surface area contributed by atoms with Crippen molar-refractivity contribution >= 4 is 15.8 Å². The Morgan fingerprint density at radius 2 is 1.70 bits per heavy atom. The molecule has 0 unspecified atom stereocenters. The van der Waals surface area contributed by atoms with Crippen molar-refractivity contribution in [2.24, 2.45) is 5.92 Å². The second kappa shape index (κ2) is 6.60. The van der Waals surface area contributed by atoms with Crippen molar-refractivity contribution in [2.45, 2.75) is 37.3 Å². The summed E-state index contributed by atoms with van der Waals surface area (Å²) in [6.07, 6.45) is -4.87. The van der Waals surface area contributed by atoms with Gasteiger partial charge in [0, 0.05) is 19.5 Å². The number of hydrogen-bond acceptors (Lipinski definition) is 3. The minimum Gasteiger partial charge on any atom is -0.290 e. The first-order valence-corrected chi connectivity index (χ1v) is 8.71. The lowest BCUT2D eigenvalue weighted by molar-refractivity contribution is -0.172. The van der Waals surface area contributed by atoms with E-state index in [1.165, 1.54) is 16.4 Å². The molecular formula is C15H18F3NO3S. The first kappa shape index (κ1) is 17.9. The van der Waals surface area contributed by atoms with Crippen LogP contribution < -0.4 is 0 Å². The molecule has 0 saturated carbocycles. The van der Waals surface area contributed by atoms with Crippen LogP contribution in [0, 0.1) is 12.8 Å². The number of hydrogen-bond donors (Lipinski definition) is 0. The molecule has 1 saturated heterocycles. The third-order valence-electron chi connectivity index (χ3n) is 4.02. The second-order valence-corrected chi connectivity index (χ2v) is 7.72. The van der Waals surface area contributed by atoms with E-state index in [1.54, 1.807) is 12.1 Å². The van der Waals surface area contributed by atoms with Gasteiger partial charge in [0.2, 0.25) is 15.8 Å². The average molecular weight is 349 g/mol. The van der Waals surface area contributed by atoms with Crippen LogP contribution >= 0.6 is 0 Å². The van der Waals surface area contributed by atoms with Crippen LogP contribution in [0.4, 0.5) is 13.2 Å². The van der Waals surface area contributed by atoms with Crippen molar-refractivity contribution < 1.29 is 26.4 Å². The summed E-state index contributed by atoms with van der Waals surface area (Å²) in [4.78, 5) is 11.2. The van der Waals surface area contributed by atoms with Crippen LogP contribution in [0.2, 0.25) is 0 Å². The molecule has 0 radical (unpaired) electrons. The van der Waals surface area contributed by atoms with Crippen LogP contribution in [0.15, 0.2) is 29.2 Å². The number of nitrogens with zero attached hydrogens (tertiary/aromatic N) is 1. The molecule has 1 aromatic carbocycles. The molecule has 0 aromatic heterocycles. The van der Waals surface area contributed by atoms with Crippen molar-refractivity contribution in [1.29, 1.82) is 0 Å². The summed E-state index contributed by atoms with van der Waals surface area (Å²) in [5.41, 5.74) is 0.938. The fourth-order valence-corrected chi connectivity index (χ4v) is 4.06. The number of ketones is 1. The van der Waals surface area contributed by atoms with Crippen LogP contribution in [-0.4, -0.2) is 37.8 Å². The first-order valence-electron chi connectivity index (χ1n) is 7.27. The molecule has 1 aliphatic rings. The third-order valence-corrected chi connectivity index (χ3v) is 5.94. The lowest BCUT2D eigenvalue weighted by Gasteiger charge is -2.31. The Hall–Kier alpha value is -1.41. The molecule has 128 valence electrons. The first-order chi connectivity index (χ1) is 10.6. The van der Waals surface area contributed by atoms with Gasteiger partial charge < -0.3 is 0 Å². The van der Waals surface area contributed by atoms with Crippen molar-refractivity contribution in [2.75, 3.05) is 13.1 Å². The van der Waals surface area contributed by atoms with Gasteiger partial charge in [-0.05, 0) is 37.8 Å². The molecule has 1 aliphatic heterocycles. The van der Waals surface area contributed by atoms with Crippen LogP contribution in [0.1, 0.15) is 24.8 Å². The maximum Gasteiger partial charge on any atom is 0.449 e. The largest absolute Gasteiger partial charge is 0.449 e. The van der Waals surface area contributed by atoms with Gasteiger partial charge in [0.25, 0.3) is 0 Å². The predicted octanol–water partition coefficient (Wildman–Crippen LogP) is 2.92. The van der Waals surface area contributed by atoms with E-state index >= 15 is 0 Å². The van der Waals surface area contributed by atoms with Gasteiger partial charge in [-0.15, -0.1) is 0 Å². The van der Waals surface area contributed by atoms with Crippen LogP contribution in [0.5, 0.6) is 0 Å². The molecule has 1 fully saturated rings. The molecule has 4 nitrogen and oxygen atoms in total. The standard InChI is InChI=1S/C15H18F3NO3S/c1-11-2-4-13(5-3-11)23(21,22)19-8-6-12(7-9-19)10-14(20)15(16,17)18/h2-5,12H,6-10H2,1H3. The fourth-order valence-electron chi connectivity index (χ4n) is 2.59. The average Bonchev–Trinajstić information content (AvgIpc) is 2.47. The highest BCUT2D eigenvalue weighted by atomic mass is 32.2. The van der Waals surface area contributed by atoms with E-state index in [9.17, 15) is 26.4 Å². The van der Waals surface area contributed by atoms with Gasteiger partial charge >= 0.3 is 6.18 Å². The molecule has 0 bridgehead atoms. The van der Waals surface area contributed by atoms with Crippen LogP contribution in [-0.2, 0) is 14.8 Å². The summed E-state index contributed by atoms with van der Waals surface area (Å²) in [5, 5.41) is 0. The number of rotatable bonds is 4. The molecule has 1 aromatic rings. The zero-order valence-electron chi connectivity index (χ0n) is 12.6. The van der Waals surface area contributed by atoms with Gasteiger partial charge in [-0.25, -0.2) is 8.42 Å². The van der Waals surface area contributed by atoms with Crippen molar-refractivity contribution in [3.63, 3.8) is 0 Å². The van der Waals surface area contributed by atoms with E-state index in [4.69, 9.17) is 0 Å². The molecule has 23 heavy (non-hydrogen) atoms. The third kappa shape index (κ3) is 4.32. The minimum atomic E-state index is -4.81. The smallest absolute Gasteiger partial charge is 0.290 e. The monoisotopic (exact) mass is 349 g/mol. The van der Waals surface area contributed by atoms with Gasteiger partial charge in [0.15, 0.2) is 0 Å². The Morgan fingerprint density at radius 3 is 2.17 bits per heavy atom. The summed E-state index contributed by atoms with van der Waals surface area (Å²) in [6.45, 7) is 2.11. The Balaban J connectivity index is 1.98. The number of sulfonamides is 1. The Bertz CT molecular complexity index is 660. The number of piperidine rings is 1. The number of halogens is 3. The van der Waals surface area contributed by atoms with E-state index in [-0.39, 0.29) is 30.8 Å². The second-order valence-electron chi connectivity index (χ2n) is 5.79.